The molecule has 0 bridgehead atoms. The lowest BCUT2D eigenvalue weighted by Gasteiger charge is -2.23. The van der Waals surface area contributed by atoms with Crippen LogP contribution < -0.4 is 5.73 Å². The van der Waals surface area contributed by atoms with Gasteiger partial charge in [-0.1, -0.05) is 0 Å². The minimum Gasteiger partial charge on any atom is -0.330 e. The highest BCUT2D eigenvalue weighted by Gasteiger charge is 2.32. The zero-order valence-electron chi connectivity index (χ0n) is 8.72. The van der Waals surface area contributed by atoms with Crippen molar-refractivity contribution in [3.63, 3.8) is 0 Å². The number of halogens is 3. The Labute approximate surface area is 91.7 Å². The van der Waals surface area contributed by atoms with Crippen LogP contribution in [0.5, 0.6) is 0 Å². The van der Waals surface area contributed by atoms with Crippen LogP contribution in [0.15, 0.2) is 12.3 Å². The van der Waals surface area contributed by atoms with Crippen molar-refractivity contribution in [1.29, 1.82) is 0 Å². The van der Waals surface area contributed by atoms with Gasteiger partial charge in [0.15, 0.2) is 0 Å². The number of nitrogens with two attached hydrogens (primary N) is 1. The van der Waals surface area contributed by atoms with Crippen molar-refractivity contribution in [2.24, 2.45) is 11.7 Å². The third kappa shape index (κ3) is 2.19. The zero-order valence-corrected chi connectivity index (χ0v) is 8.72. The molecule has 0 saturated heterocycles. The lowest BCUT2D eigenvalue weighted by Crippen LogP contribution is -2.23. The summed E-state index contributed by atoms with van der Waals surface area (Å²) in [7, 11) is 0. The molecule has 1 aliphatic carbocycles. The van der Waals surface area contributed by atoms with E-state index in [9.17, 15) is 13.2 Å². The summed E-state index contributed by atoms with van der Waals surface area (Å²) in [5, 5.41) is 0. The molecule has 2 N–H and O–H groups in total. The van der Waals surface area contributed by atoms with Gasteiger partial charge in [0.2, 0.25) is 0 Å². The lowest BCUT2D eigenvalue weighted by atomic mass is 9.86. The van der Waals surface area contributed by atoms with Gasteiger partial charge in [-0.15, -0.1) is 0 Å². The molecule has 1 atom stereocenters. The number of aromatic nitrogens is 1. The van der Waals surface area contributed by atoms with Gasteiger partial charge in [0, 0.05) is 11.9 Å². The van der Waals surface area contributed by atoms with Crippen molar-refractivity contribution in [2.45, 2.75) is 25.4 Å². The first-order valence-electron chi connectivity index (χ1n) is 5.25. The monoisotopic (exact) mass is 230 g/mol. The molecule has 5 heteroatoms. The van der Waals surface area contributed by atoms with Crippen LogP contribution in [0.2, 0.25) is 0 Å². The van der Waals surface area contributed by atoms with E-state index in [4.69, 9.17) is 5.73 Å². The van der Waals surface area contributed by atoms with Crippen LogP contribution in [0.25, 0.3) is 0 Å². The van der Waals surface area contributed by atoms with Crippen LogP contribution in [0, 0.1) is 5.92 Å². The van der Waals surface area contributed by atoms with E-state index in [0.29, 0.717) is 25.3 Å². The van der Waals surface area contributed by atoms with Gasteiger partial charge in [-0.2, -0.15) is 13.2 Å². The predicted octanol–water partition coefficient (Wildman–Crippen LogP) is 2.16. The van der Waals surface area contributed by atoms with Gasteiger partial charge in [-0.25, -0.2) is 0 Å². The van der Waals surface area contributed by atoms with Crippen LogP contribution in [0.3, 0.4) is 0 Å². The molecule has 2 nitrogen and oxygen atoms in total. The maximum atomic E-state index is 12.4. The zero-order chi connectivity index (χ0) is 11.8. The molecular weight excluding hydrogens is 217 g/mol. The minimum absolute atomic E-state index is 0.358. The molecule has 1 unspecified atom stereocenters. The number of alkyl halides is 3. The Balaban J connectivity index is 2.28. The lowest BCUT2D eigenvalue weighted by molar-refractivity contribution is -0.137. The standard InChI is InChI=1S/C11H13F3N2/c12-11(13,14)9-4-8-2-1-7(5-15)3-10(8)16-6-9/h4,6-7H,1-3,5,15H2. The SMILES string of the molecule is NCC1CCc2cc(C(F)(F)F)cnc2C1. The van der Waals surface area contributed by atoms with Gasteiger partial charge >= 0.3 is 6.18 Å². The average Bonchev–Trinajstić information content (AvgIpc) is 2.26. The van der Waals surface area contributed by atoms with Crippen LogP contribution in [-0.4, -0.2) is 11.5 Å². The molecule has 16 heavy (non-hydrogen) atoms. The Kier molecular flexibility index (Phi) is 2.88. The summed E-state index contributed by atoms with van der Waals surface area (Å²) in [6.07, 6.45) is -1.19. The molecule has 0 radical (unpaired) electrons. The van der Waals surface area contributed by atoms with E-state index >= 15 is 0 Å². The van der Waals surface area contributed by atoms with Gasteiger partial charge in [0.1, 0.15) is 0 Å². The topological polar surface area (TPSA) is 38.9 Å². The molecule has 1 aromatic rings. The van der Waals surface area contributed by atoms with Gasteiger partial charge in [-0.05, 0) is 43.4 Å². The molecule has 0 aliphatic heterocycles. The summed E-state index contributed by atoms with van der Waals surface area (Å²) in [6.45, 7) is 0.572. The van der Waals surface area contributed by atoms with Crippen LogP contribution in [0.1, 0.15) is 23.2 Å². The predicted molar refractivity (Wildman–Crippen MR) is 53.8 cm³/mol. The first-order valence-corrected chi connectivity index (χ1v) is 5.25. The Morgan fingerprint density at radius 3 is 2.81 bits per heavy atom. The molecule has 0 spiro atoms. The summed E-state index contributed by atoms with van der Waals surface area (Å²) in [6, 6.07) is 1.22. The van der Waals surface area contributed by atoms with Gasteiger partial charge < -0.3 is 5.73 Å². The molecule has 88 valence electrons. The molecule has 1 aliphatic rings. The van der Waals surface area contributed by atoms with Gasteiger partial charge in [0.25, 0.3) is 0 Å². The maximum Gasteiger partial charge on any atom is 0.417 e. The molecule has 0 saturated carbocycles. The van der Waals surface area contributed by atoms with E-state index in [0.717, 1.165) is 23.9 Å². The van der Waals surface area contributed by atoms with Gasteiger partial charge in [-0.3, -0.25) is 4.98 Å². The number of fused-ring (bicyclic) bond motifs is 1. The normalized spacial score (nSPS) is 20.6. The van der Waals surface area contributed by atoms with Crippen LogP contribution in [-0.2, 0) is 19.0 Å². The summed E-state index contributed by atoms with van der Waals surface area (Å²) in [4.78, 5) is 3.91. The maximum absolute atomic E-state index is 12.4. The molecule has 0 amide bonds. The second-order valence-corrected chi connectivity index (χ2v) is 4.17. The highest BCUT2D eigenvalue weighted by atomic mass is 19.4. The van der Waals surface area contributed by atoms with E-state index in [2.05, 4.69) is 4.98 Å². The van der Waals surface area contributed by atoms with E-state index in [1.165, 1.54) is 6.07 Å². The Hall–Kier alpha value is -1.10. The van der Waals surface area contributed by atoms with Crippen molar-refractivity contribution < 1.29 is 13.2 Å². The fraction of sp³-hybridized carbons (Fsp3) is 0.545. The molecule has 0 fully saturated rings. The van der Waals surface area contributed by atoms with Crippen molar-refractivity contribution in [3.8, 4) is 0 Å². The second-order valence-electron chi connectivity index (χ2n) is 4.17. The van der Waals surface area contributed by atoms with Crippen molar-refractivity contribution in [2.75, 3.05) is 6.54 Å². The third-order valence-electron chi connectivity index (χ3n) is 3.02. The van der Waals surface area contributed by atoms with Crippen molar-refractivity contribution >= 4 is 0 Å². The largest absolute Gasteiger partial charge is 0.417 e. The number of hydrogen-bond acceptors (Lipinski definition) is 2. The summed E-state index contributed by atoms with van der Waals surface area (Å²) in [5.41, 5.74) is 6.39. The Morgan fingerprint density at radius 2 is 2.19 bits per heavy atom. The Morgan fingerprint density at radius 1 is 1.44 bits per heavy atom. The molecule has 1 heterocycles. The first-order chi connectivity index (χ1) is 7.50. The van der Waals surface area contributed by atoms with Gasteiger partial charge in [0.05, 0.1) is 5.56 Å². The number of pyridine rings is 1. The highest BCUT2D eigenvalue weighted by Crippen LogP contribution is 2.32. The highest BCUT2D eigenvalue weighted by molar-refractivity contribution is 5.29. The average molecular weight is 230 g/mol. The molecule has 2 rings (SSSR count). The number of hydrogen-bond donors (Lipinski definition) is 1. The Bertz CT molecular complexity index is 387. The molecule has 1 aromatic heterocycles. The summed E-state index contributed by atoms with van der Waals surface area (Å²) in [5.74, 6) is 0.358. The second kappa shape index (κ2) is 4.05. The van der Waals surface area contributed by atoms with Crippen molar-refractivity contribution in [1.82, 2.24) is 4.98 Å². The molecule has 0 aromatic carbocycles. The fourth-order valence-electron chi connectivity index (χ4n) is 2.03. The van der Waals surface area contributed by atoms with E-state index in [-0.39, 0.29) is 0 Å². The van der Waals surface area contributed by atoms with Crippen LogP contribution in [0.4, 0.5) is 13.2 Å². The number of rotatable bonds is 1. The van der Waals surface area contributed by atoms with E-state index < -0.39 is 11.7 Å². The first kappa shape index (κ1) is 11.4. The third-order valence-corrected chi connectivity index (χ3v) is 3.02. The summed E-state index contributed by atoms with van der Waals surface area (Å²) < 4.78 is 37.3. The number of aryl methyl sites for hydroxylation is 1. The van der Waals surface area contributed by atoms with E-state index in [1.54, 1.807) is 0 Å². The smallest absolute Gasteiger partial charge is 0.330 e. The summed E-state index contributed by atoms with van der Waals surface area (Å²) >= 11 is 0. The van der Waals surface area contributed by atoms with Crippen LogP contribution >= 0.6 is 0 Å². The minimum atomic E-state index is -4.30. The van der Waals surface area contributed by atoms with Crippen molar-refractivity contribution in [3.05, 3.63) is 29.1 Å². The quantitative estimate of drug-likeness (QED) is 0.803. The fourth-order valence-corrected chi connectivity index (χ4v) is 2.03. The molecular formula is C11H13F3N2. The number of nitrogens with zero attached hydrogens (tertiary/aromatic N) is 1. The van der Waals surface area contributed by atoms with E-state index in [1.807, 2.05) is 0 Å².